The number of para-hydroxylation sites is 1. The molecule has 1 N–H and O–H groups in total. The maximum absolute atomic E-state index is 12.3. The fourth-order valence-electron chi connectivity index (χ4n) is 3.12. The summed E-state index contributed by atoms with van der Waals surface area (Å²) in [6.45, 7) is 5.83. The number of dihydropyridines is 1. The Kier molecular flexibility index (Phi) is 9.37. The van der Waals surface area contributed by atoms with E-state index in [0.717, 1.165) is 0 Å². The lowest BCUT2D eigenvalue weighted by molar-refractivity contribution is -0.757. The molecule has 1 aromatic rings. The third-order valence-corrected chi connectivity index (χ3v) is 4.50. The van der Waals surface area contributed by atoms with E-state index in [0.29, 0.717) is 5.70 Å². The van der Waals surface area contributed by atoms with Gasteiger partial charge in [-0.25, -0.2) is 9.59 Å². The van der Waals surface area contributed by atoms with Crippen molar-refractivity contribution in [1.29, 1.82) is 0 Å². The van der Waals surface area contributed by atoms with Gasteiger partial charge in [0.2, 0.25) is 0 Å². The lowest BCUT2D eigenvalue weighted by Gasteiger charge is -2.30. The second-order valence-electron chi connectivity index (χ2n) is 7.67. The van der Waals surface area contributed by atoms with E-state index in [-0.39, 0.29) is 41.0 Å². The largest absolute Gasteiger partial charge is 0.513 e. The number of rotatable bonds is 10. The fraction of sp³-hybridized carbons (Fsp3) is 0.429. The quantitative estimate of drug-likeness (QED) is 0.214. The van der Waals surface area contributed by atoms with Gasteiger partial charge in [0.15, 0.2) is 0 Å². The number of nitrogens with one attached hydrogen (secondary N) is 1. The molecule has 0 fully saturated rings. The monoisotopic (exact) mass is 495 g/mol. The van der Waals surface area contributed by atoms with Gasteiger partial charge >= 0.3 is 12.3 Å². The second-order valence-corrected chi connectivity index (χ2v) is 7.67. The molecule has 0 saturated carbocycles. The zero-order valence-corrected chi connectivity index (χ0v) is 19.5. The molecule has 0 bridgehead atoms. The molecule has 14 nitrogen and oxygen atoms in total. The zero-order chi connectivity index (χ0) is 26.1. The van der Waals surface area contributed by atoms with Crippen molar-refractivity contribution in [2.75, 3.05) is 19.8 Å². The fourth-order valence-corrected chi connectivity index (χ4v) is 3.12. The van der Waals surface area contributed by atoms with Gasteiger partial charge in [0.25, 0.3) is 10.8 Å². The van der Waals surface area contributed by atoms with Crippen LogP contribution in [0.1, 0.15) is 39.2 Å². The van der Waals surface area contributed by atoms with Crippen molar-refractivity contribution in [2.24, 2.45) is 5.92 Å². The minimum Gasteiger partial charge on any atom is -0.434 e. The molecular formula is C21H25N3O11. The van der Waals surface area contributed by atoms with Gasteiger partial charge in [-0.05, 0) is 19.8 Å². The van der Waals surface area contributed by atoms with Crippen LogP contribution in [-0.4, -0.2) is 42.1 Å². The average molecular weight is 495 g/mol. The van der Waals surface area contributed by atoms with E-state index in [1.54, 1.807) is 6.92 Å². The van der Waals surface area contributed by atoms with Crippen LogP contribution in [0.3, 0.4) is 0 Å². The number of nitro benzene ring substituents is 1. The van der Waals surface area contributed by atoms with Crippen LogP contribution < -0.4 is 5.32 Å². The molecule has 35 heavy (non-hydrogen) atoms. The summed E-state index contributed by atoms with van der Waals surface area (Å²) >= 11 is 0. The maximum Gasteiger partial charge on any atom is 0.513 e. The van der Waals surface area contributed by atoms with E-state index in [2.05, 4.69) is 10.2 Å². The molecule has 190 valence electrons. The van der Waals surface area contributed by atoms with Crippen LogP contribution in [0, 0.1) is 26.1 Å². The first-order valence-electron chi connectivity index (χ1n) is 10.4. The number of nitrogens with zero attached hydrogens (tertiary/aromatic N) is 2. The van der Waals surface area contributed by atoms with Crippen molar-refractivity contribution in [3.8, 4) is 0 Å². The summed E-state index contributed by atoms with van der Waals surface area (Å²) in [6, 6.07) is 5.67. The molecule has 1 atom stereocenters. The van der Waals surface area contributed by atoms with Crippen LogP contribution in [0.5, 0.6) is 0 Å². The lowest BCUT2D eigenvalue weighted by atomic mass is 9.89. The zero-order valence-electron chi connectivity index (χ0n) is 19.5. The van der Waals surface area contributed by atoms with E-state index >= 15 is 0 Å². The van der Waals surface area contributed by atoms with Gasteiger partial charge in [-0.15, -0.1) is 10.1 Å². The molecule has 1 unspecified atom stereocenters. The van der Waals surface area contributed by atoms with Gasteiger partial charge in [-0.1, -0.05) is 32.0 Å². The van der Waals surface area contributed by atoms with Crippen molar-refractivity contribution < 1.29 is 43.4 Å². The summed E-state index contributed by atoms with van der Waals surface area (Å²) in [4.78, 5) is 50.0. The molecule has 0 amide bonds. The molecule has 2 rings (SSSR count). The Bertz CT molecular complexity index is 1050. The summed E-state index contributed by atoms with van der Waals surface area (Å²) in [6.07, 6.45) is -2.30. The highest BCUT2D eigenvalue weighted by molar-refractivity contribution is 5.66. The number of hydrogen-bond donors (Lipinski definition) is 1. The van der Waals surface area contributed by atoms with Crippen molar-refractivity contribution in [3.05, 3.63) is 73.0 Å². The van der Waals surface area contributed by atoms with Crippen LogP contribution in [-0.2, 0) is 23.8 Å². The first-order chi connectivity index (χ1) is 16.5. The van der Waals surface area contributed by atoms with Crippen LogP contribution in [0.15, 0.2) is 47.2 Å². The average Bonchev–Trinajstić information content (AvgIpc) is 2.78. The normalized spacial score (nSPS) is 15.3. The molecule has 14 heteroatoms. The van der Waals surface area contributed by atoms with Gasteiger partial charge in [-0.2, -0.15) is 0 Å². The Balaban J connectivity index is 2.41. The van der Waals surface area contributed by atoms with E-state index in [1.165, 1.54) is 31.2 Å². The molecule has 0 saturated heterocycles. The SMILES string of the molecule is CC1=C(OC(=O)OCCO[N+](=O)[O-])C(c2ccccc2[N+](=O)[O-])C(OC(=O)OCC(C)C)=C(C)N1. The second kappa shape index (κ2) is 12.2. The predicted octanol–water partition coefficient (Wildman–Crippen LogP) is 3.92. The number of benzene rings is 1. The van der Waals surface area contributed by atoms with Gasteiger partial charge in [-0.3, -0.25) is 10.1 Å². The van der Waals surface area contributed by atoms with E-state index in [4.69, 9.17) is 18.9 Å². The highest BCUT2D eigenvalue weighted by atomic mass is 17.0. The topological polar surface area (TPSA) is 179 Å². The summed E-state index contributed by atoms with van der Waals surface area (Å²) < 4.78 is 20.6. The number of carbonyl (C=O) groups is 2. The number of carbonyl (C=O) groups excluding carboxylic acids is 2. The van der Waals surface area contributed by atoms with E-state index < -0.39 is 41.5 Å². The Morgan fingerprint density at radius 1 is 0.971 bits per heavy atom. The third kappa shape index (κ3) is 7.58. The first kappa shape index (κ1) is 26.9. The predicted molar refractivity (Wildman–Crippen MR) is 117 cm³/mol. The Labute approximate surface area is 199 Å². The summed E-state index contributed by atoms with van der Waals surface area (Å²) in [7, 11) is 0. The Hall–Kier alpha value is -4.36. The number of nitro groups is 1. The molecule has 0 aromatic heterocycles. The highest BCUT2D eigenvalue weighted by Gasteiger charge is 2.39. The van der Waals surface area contributed by atoms with Crippen molar-refractivity contribution in [2.45, 2.75) is 33.6 Å². The first-order valence-corrected chi connectivity index (χ1v) is 10.4. The van der Waals surface area contributed by atoms with Crippen LogP contribution >= 0.6 is 0 Å². The number of allylic oxidation sites excluding steroid dienone is 2. The van der Waals surface area contributed by atoms with Gasteiger partial charge in [0, 0.05) is 11.6 Å². The molecule has 0 aliphatic carbocycles. The molecule has 1 aliphatic heterocycles. The standard InChI is InChI=1S/C21H25N3O11/c1-12(2)11-32-21(26)35-19-14(4)22-13(3)18(34-20(25)31-9-10-33-24(29)30)17(19)15-7-5-6-8-16(15)23(27)28/h5-8,12,17,22H,9-11H2,1-4H3. The van der Waals surface area contributed by atoms with Crippen LogP contribution in [0.2, 0.25) is 0 Å². The molecule has 1 aromatic carbocycles. The van der Waals surface area contributed by atoms with Crippen molar-refractivity contribution in [1.82, 2.24) is 5.32 Å². The van der Waals surface area contributed by atoms with Crippen LogP contribution in [0.25, 0.3) is 0 Å². The summed E-state index contributed by atoms with van der Waals surface area (Å²) in [5, 5.41) is 23.8. The molecule has 0 spiro atoms. The minimum absolute atomic E-state index is 0.0307. The number of hydrogen-bond acceptors (Lipinski definition) is 12. The smallest absolute Gasteiger partial charge is 0.434 e. The Morgan fingerprint density at radius 2 is 1.54 bits per heavy atom. The third-order valence-electron chi connectivity index (χ3n) is 4.50. The maximum atomic E-state index is 12.3. The van der Waals surface area contributed by atoms with E-state index in [1.807, 2.05) is 13.8 Å². The molecular weight excluding hydrogens is 470 g/mol. The molecule has 0 radical (unpaired) electrons. The molecule has 1 heterocycles. The Morgan fingerprint density at radius 3 is 2.09 bits per heavy atom. The van der Waals surface area contributed by atoms with Crippen molar-refractivity contribution in [3.63, 3.8) is 0 Å². The lowest BCUT2D eigenvalue weighted by Crippen LogP contribution is -2.30. The van der Waals surface area contributed by atoms with E-state index in [9.17, 15) is 29.8 Å². The minimum atomic E-state index is -1.25. The van der Waals surface area contributed by atoms with Gasteiger partial charge in [0.1, 0.15) is 30.6 Å². The van der Waals surface area contributed by atoms with Gasteiger partial charge in [0.05, 0.1) is 22.9 Å². The molecule has 1 aliphatic rings. The number of ether oxygens (including phenoxy) is 4. The highest BCUT2D eigenvalue weighted by Crippen LogP contribution is 2.42. The van der Waals surface area contributed by atoms with Crippen molar-refractivity contribution >= 4 is 18.0 Å². The van der Waals surface area contributed by atoms with Gasteiger partial charge < -0.3 is 29.1 Å². The van der Waals surface area contributed by atoms with Crippen LogP contribution in [0.4, 0.5) is 15.3 Å². The summed E-state index contributed by atoms with van der Waals surface area (Å²) in [5.41, 5.74) is 0.369. The summed E-state index contributed by atoms with van der Waals surface area (Å²) in [5.74, 6) is -1.40.